The Morgan fingerprint density at radius 1 is 0.270 bits per heavy atom. The molecule has 0 saturated heterocycles. The molecule has 63 heavy (non-hydrogen) atoms. The van der Waals surface area contributed by atoms with Crippen LogP contribution in [0.2, 0.25) is 0 Å². The number of para-hydroxylation sites is 2. The molecule has 3 aromatic heterocycles. The summed E-state index contributed by atoms with van der Waals surface area (Å²) in [5, 5.41) is 7.09. The van der Waals surface area contributed by atoms with Crippen molar-refractivity contribution in [1.29, 1.82) is 0 Å². The fourth-order valence-corrected chi connectivity index (χ4v) is 9.23. The van der Waals surface area contributed by atoms with E-state index in [-0.39, 0.29) is 0 Å². The summed E-state index contributed by atoms with van der Waals surface area (Å²) in [4.78, 5) is 19.6. The van der Waals surface area contributed by atoms with Gasteiger partial charge in [0, 0.05) is 45.5 Å². The third-order valence-corrected chi connectivity index (χ3v) is 12.2. The Kier molecular flexibility index (Phi) is 8.75. The van der Waals surface area contributed by atoms with Crippen molar-refractivity contribution in [2.24, 2.45) is 0 Å². The van der Waals surface area contributed by atoms with Gasteiger partial charge < -0.3 is 4.57 Å². The number of benzene rings is 9. The fraction of sp³-hybridized carbons (Fsp3) is 0. The van der Waals surface area contributed by atoms with Crippen LogP contribution in [0.3, 0.4) is 0 Å². The van der Waals surface area contributed by atoms with Crippen LogP contribution in [0.5, 0.6) is 0 Å². The van der Waals surface area contributed by atoms with Gasteiger partial charge in [0.1, 0.15) is 0 Å². The molecule has 294 valence electrons. The van der Waals surface area contributed by atoms with Gasteiger partial charge in [-0.05, 0) is 103 Å². The molecular formula is C58H37N5. The molecule has 0 saturated carbocycles. The summed E-state index contributed by atoms with van der Waals surface area (Å²) >= 11 is 0. The van der Waals surface area contributed by atoms with Crippen LogP contribution in [-0.4, -0.2) is 24.5 Å². The van der Waals surface area contributed by atoms with Crippen molar-refractivity contribution in [2.45, 2.75) is 0 Å². The maximum Gasteiger partial charge on any atom is 0.164 e. The zero-order valence-electron chi connectivity index (χ0n) is 34.1. The van der Waals surface area contributed by atoms with Crippen molar-refractivity contribution in [3.05, 3.63) is 225 Å². The first-order chi connectivity index (χ1) is 31.2. The quantitative estimate of drug-likeness (QED) is 0.161. The van der Waals surface area contributed by atoms with Gasteiger partial charge in [-0.15, -0.1) is 0 Å². The van der Waals surface area contributed by atoms with E-state index in [9.17, 15) is 0 Å². The number of hydrogen-bond donors (Lipinski definition) is 0. The van der Waals surface area contributed by atoms with Crippen LogP contribution in [0.15, 0.2) is 225 Å². The molecule has 0 aliphatic rings. The number of fused-ring (bicyclic) bond motifs is 5. The smallest absolute Gasteiger partial charge is 0.164 e. The normalized spacial score (nSPS) is 11.5. The minimum absolute atomic E-state index is 0.617. The Morgan fingerprint density at radius 3 is 1.49 bits per heavy atom. The third kappa shape index (κ3) is 6.34. The van der Waals surface area contributed by atoms with Gasteiger partial charge in [0.15, 0.2) is 17.5 Å². The maximum absolute atomic E-state index is 5.21. The average molecular weight is 804 g/mol. The van der Waals surface area contributed by atoms with Crippen molar-refractivity contribution in [1.82, 2.24) is 24.5 Å². The second-order valence-corrected chi connectivity index (χ2v) is 15.8. The van der Waals surface area contributed by atoms with Gasteiger partial charge in [0.2, 0.25) is 0 Å². The summed E-state index contributed by atoms with van der Waals surface area (Å²) < 4.78 is 2.39. The Bertz CT molecular complexity index is 3670. The molecule has 12 rings (SSSR count). The third-order valence-electron chi connectivity index (χ3n) is 12.2. The predicted molar refractivity (Wildman–Crippen MR) is 260 cm³/mol. The summed E-state index contributed by atoms with van der Waals surface area (Å²) in [6.07, 6.45) is 3.63. The summed E-state index contributed by atoms with van der Waals surface area (Å²) in [5.74, 6) is 1.87. The highest BCUT2D eigenvalue weighted by Crippen LogP contribution is 2.42. The van der Waals surface area contributed by atoms with Crippen molar-refractivity contribution < 1.29 is 0 Å². The van der Waals surface area contributed by atoms with Gasteiger partial charge in [-0.25, -0.2) is 15.0 Å². The number of pyridine rings is 1. The first-order valence-corrected chi connectivity index (χ1v) is 21.2. The topological polar surface area (TPSA) is 56.5 Å². The van der Waals surface area contributed by atoms with Crippen LogP contribution < -0.4 is 0 Å². The van der Waals surface area contributed by atoms with E-state index in [2.05, 4.69) is 179 Å². The van der Waals surface area contributed by atoms with E-state index in [1.165, 1.54) is 49.3 Å². The molecule has 0 N–H and O–H groups in total. The van der Waals surface area contributed by atoms with Crippen LogP contribution >= 0.6 is 0 Å². The van der Waals surface area contributed by atoms with Gasteiger partial charge >= 0.3 is 0 Å². The Labute approximate surface area is 364 Å². The Balaban J connectivity index is 1.00. The van der Waals surface area contributed by atoms with E-state index in [0.717, 1.165) is 49.8 Å². The summed E-state index contributed by atoms with van der Waals surface area (Å²) in [5.41, 5.74) is 13.2. The lowest BCUT2D eigenvalue weighted by atomic mass is 9.89. The lowest BCUT2D eigenvalue weighted by Gasteiger charge is -2.16. The molecule has 9 aromatic carbocycles. The largest absolute Gasteiger partial charge is 0.309 e. The Morgan fingerprint density at radius 2 is 0.778 bits per heavy atom. The second kappa shape index (κ2) is 15.2. The number of hydrogen-bond acceptors (Lipinski definition) is 4. The van der Waals surface area contributed by atoms with Gasteiger partial charge in [0.05, 0.1) is 11.0 Å². The van der Waals surface area contributed by atoms with Crippen LogP contribution in [0, 0.1) is 0 Å². The summed E-state index contributed by atoms with van der Waals surface area (Å²) in [6, 6.07) is 75.2. The SMILES string of the molecule is c1ccc(-c2nc(-c3cccc(-c4ccncc4)c3)nc(-c3ccc(-c4ccc(-c5ccc6c7ccccc7n(-c7ccccc7)c6c5)c5ccccc45)c4ccccc34)n2)cc1. The molecule has 0 amide bonds. The van der Waals surface area contributed by atoms with Crippen LogP contribution in [0.25, 0.3) is 117 Å². The van der Waals surface area contributed by atoms with Crippen LogP contribution in [-0.2, 0) is 0 Å². The highest BCUT2D eigenvalue weighted by molar-refractivity contribution is 6.14. The van der Waals surface area contributed by atoms with Gasteiger partial charge in [0.25, 0.3) is 0 Å². The number of aromatic nitrogens is 5. The standard InChI is InChI=1S/C58H37N5/c1-3-14-39(15-4-1)56-60-57(42-17-13-16-40(36-42)38-32-34-59-35-33-38)62-58(61-56)53-31-30-50(47-22-9-10-23-48(47)53)49-29-28-44(45-20-7-8-21-46(45)49)41-26-27-52-51-24-11-12-25-54(51)63(55(52)37-41)43-18-5-2-6-19-43/h1-37H. The average Bonchev–Trinajstić information content (AvgIpc) is 3.70. The molecular weight excluding hydrogens is 767 g/mol. The molecule has 0 aliphatic heterocycles. The van der Waals surface area contributed by atoms with E-state index in [0.29, 0.717) is 17.5 Å². The van der Waals surface area contributed by atoms with E-state index >= 15 is 0 Å². The van der Waals surface area contributed by atoms with E-state index in [4.69, 9.17) is 15.0 Å². The molecule has 0 fully saturated rings. The summed E-state index contributed by atoms with van der Waals surface area (Å²) in [6.45, 7) is 0. The molecule has 5 heteroatoms. The van der Waals surface area contributed by atoms with Crippen molar-refractivity contribution in [3.8, 4) is 73.2 Å². The molecule has 0 spiro atoms. The minimum atomic E-state index is 0.617. The molecule has 0 bridgehead atoms. The monoisotopic (exact) mass is 803 g/mol. The van der Waals surface area contributed by atoms with Gasteiger partial charge in [-0.1, -0.05) is 164 Å². The highest BCUT2D eigenvalue weighted by Gasteiger charge is 2.19. The van der Waals surface area contributed by atoms with Crippen molar-refractivity contribution in [2.75, 3.05) is 0 Å². The molecule has 0 atom stereocenters. The molecule has 0 unspecified atom stereocenters. The van der Waals surface area contributed by atoms with E-state index < -0.39 is 0 Å². The molecule has 0 radical (unpaired) electrons. The van der Waals surface area contributed by atoms with E-state index in [1.807, 2.05) is 54.9 Å². The molecule has 0 aliphatic carbocycles. The second-order valence-electron chi connectivity index (χ2n) is 15.8. The Hall–Kier alpha value is -8.54. The van der Waals surface area contributed by atoms with Crippen LogP contribution in [0.1, 0.15) is 0 Å². The van der Waals surface area contributed by atoms with Gasteiger partial charge in [-0.3, -0.25) is 4.98 Å². The first-order valence-electron chi connectivity index (χ1n) is 21.2. The zero-order chi connectivity index (χ0) is 41.7. The lowest BCUT2D eigenvalue weighted by molar-refractivity contribution is 1.08. The fourth-order valence-electron chi connectivity index (χ4n) is 9.23. The van der Waals surface area contributed by atoms with Gasteiger partial charge in [-0.2, -0.15) is 0 Å². The van der Waals surface area contributed by atoms with Crippen molar-refractivity contribution in [3.63, 3.8) is 0 Å². The molecule has 3 heterocycles. The molecule has 5 nitrogen and oxygen atoms in total. The summed E-state index contributed by atoms with van der Waals surface area (Å²) in [7, 11) is 0. The maximum atomic E-state index is 5.21. The first kappa shape index (κ1) is 36.3. The number of rotatable bonds is 7. The zero-order valence-corrected chi connectivity index (χ0v) is 34.1. The lowest BCUT2D eigenvalue weighted by Crippen LogP contribution is -2.01. The molecule has 12 aromatic rings. The minimum Gasteiger partial charge on any atom is -0.309 e. The van der Waals surface area contributed by atoms with Crippen LogP contribution in [0.4, 0.5) is 0 Å². The highest BCUT2D eigenvalue weighted by atomic mass is 15.0. The number of nitrogens with zero attached hydrogens (tertiary/aromatic N) is 5. The van der Waals surface area contributed by atoms with Crippen molar-refractivity contribution >= 4 is 43.4 Å². The predicted octanol–water partition coefficient (Wildman–Crippen LogP) is 14.7. The van der Waals surface area contributed by atoms with E-state index in [1.54, 1.807) is 0 Å².